The van der Waals surface area contributed by atoms with Crippen LogP contribution in [0.15, 0.2) is 0 Å². The van der Waals surface area contributed by atoms with Gasteiger partial charge in [-0.25, -0.2) is 0 Å². The summed E-state index contributed by atoms with van der Waals surface area (Å²) < 4.78 is 2.12. The molecule has 1 aromatic rings. The fourth-order valence-corrected chi connectivity index (χ4v) is 2.89. The third kappa shape index (κ3) is 6.11. The summed E-state index contributed by atoms with van der Waals surface area (Å²) in [5, 5.41) is 8.21. The SMILES string of the molecule is CCCCCCCCCCNc1c(C)nn(C(C)C)c1C. The second-order valence-electron chi connectivity index (χ2n) is 6.49. The molecule has 0 aliphatic carbocycles. The highest BCUT2D eigenvalue weighted by molar-refractivity contribution is 5.52. The zero-order chi connectivity index (χ0) is 15.7. The van der Waals surface area contributed by atoms with Gasteiger partial charge < -0.3 is 5.32 Å². The van der Waals surface area contributed by atoms with Gasteiger partial charge in [-0.15, -0.1) is 0 Å². The Kier molecular flexibility index (Phi) is 8.48. The molecule has 1 rings (SSSR count). The Morgan fingerprint density at radius 1 is 0.952 bits per heavy atom. The van der Waals surface area contributed by atoms with Crippen LogP contribution < -0.4 is 5.32 Å². The molecule has 0 amide bonds. The van der Waals surface area contributed by atoms with Crippen molar-refractivity contribution in [3.63, 3.8) is 0 Å². The molecule has 3 heteroatoms. The average Bonchev–Trinajstić information content (AvgIpc) is 2.73. The second kappa shape index (κ2) is 9.86. The van der Waals surface area contributed by atoms with Gasteiger partial charge in [0.15, 0.2) is 0 Å². The van der Waals surface area contributed by atoms with Crippen molar-refractivity contribution in [2.24, 2.45) is 0 Å². The van der Waals surface area contributed by atoms with Gasteiger partial charge in [0.1, 0.15) is 0 Å². The molecule has 0 atom stereocenters. The van der Waals surface area contributed by atoms with E-state index >= 15 is 0 Å². The Morgan fingerprint density at radius 2 is 1.52 bits per heavy atom. The summed E-state index contributed by atoms with van der Waals surface area (Å²) in [5.74, 6) is 0. The van der Waals surface area contributed by atoms with E-state index in [-0.39, 0.29) is 0 Å². The van der Waals surface area contributed by atoms with Gasteiger partial charge in [0.05, 0.1) is 17.1 Å². The first-order valence-electron chi connectivity index (χ1n) is 8.87. The first-order chi connectivity index (χ1) is 10.1. The lowest BCUT2D eigenvalue weighted by Crippen LogP contribution is -2.06. The highest BCUT2D eigenvalue weighted by Crippen LogP contribution is 2.22. The lowest BCUT2D eigenvalue weighted by atomic mass is 10.1. The Balaban J connectivity index is 2.18. The van der Waals surface area contributed by atoms with Crippen LogP contribution in [-0.4, -0.2) is 16.3 Å². The van der Waals surface area contributed by atoms with Crippen LogP contribution in [0.25, 0.3) is 0 Å². The van der Waals surface area contributed by atoms with Gasteiger partial charge in [0.2, 0.25) is 0 Å². The third-order valence-electron chi connectivity index (χ3n) is 4.15. The molecule has 0 saturated carbocycles. The Hall–Kier alpha value is -0.990. The Morgan fingerprint density at radius 3 is 2.05 bits per heavy atom. The minimum atomic E-state index is 0.433. The van der Waals surface area contributed by atoms with E-state index in [1.807, 2.05) is 0 Å². The summed E-state index contributed by atoms with van der Waals surface area (Å²) in [6.45, 7) is 12.0. The number of unbranched alkanes of at least 4 members (excludes halogenated alkanes) is 7. The summed E-state index contributed by atoms with van der Waals surface area (Å²) in [7, 11) is 0. The van der Waals surface area contributed by atoms with E-state index in [2.05, 4.69) is 49.7 Å². The molecule has 21 heavy (non-hydrogen) atoms. The van der Waals surface area contributed by atoms with E-state index in [0.717, 1.165) is 12.2 Å². The van der Waals surface area contributed by atoms with Crippen LogP contribution in [0, 0.1) is 13.8 Å². The van der Waals surface area contributed by atoms with Gasteiger partial charge in [0, 0.05) is 12.6 Å². The monoisotopic (exact) mass is 293 g/mol. The minimum Gasteiger partial charge on any atom is -0.382 e. The topological polar surface area (TPSA) is 29.9 Å². The molecule has 1 aromatic heterocycles. The number of aromatic nitrogens is 2. The smallest absolute Gasteiger partial charge is 0.0828 e. The van der Waals surface area contributed by atoms with Crippen molar-refractivity contribution in [3.8, 4) is 0 Å². The Labute approximate surface area is 131 Å². The van der Waals surface area contributed by atoms with Gasteiger partial charge in [-0.1, -0.05) is 51.9 Å². The number of hydrogen-bond acceptors (Lipinski definition) is 2. The van der Waals surface area contributed by atoms with Crippen LogP contribution in [0.3, 0.4) is 0 Å². The molecule has 0 saturated heterocycles. The molecule has 0 spiro atoms. The first-order valence-corrected chi connectivity index (χ1v) is 8.87. The average molecular weight is 293 g/mol. The molecular formula is C18H35N3. The van der Waals surface area contributed by atoms with Crippen LogP contribution in [-0.2, 0) is 0 Å². The van der Waals surface area contributed by atoms with Gasteiger partial charge in [0.25, 0.3) is 0 Å². The first kappa shape index (κ1) is 18.1. The number of nitrogens with one attached hydrogen (secondary N) is 1. The predicted molar refractivity (Wildman–Crippen MR) is 93.2 cm³/mol. The van der Waals surface area contributed by atoms with E-state index in [1.165, 1.54) is 62.7 Å². The van der Waals surface area contributed by atoms with Crippen LogP contribution in [0.1, 0.15) is 89.6 Å². The summed E-state index contributed by atoms with van der Waals surface area (Å²) >= 11 is 0. The molecule has 3 nitrogen and oxygen atoms in total. The standard InChI is InChI=1S/C18H35N3/c1-6-7-8-9-10-11-12-13-14-19-18-16(4)20-21(15(2)3)17(18)5/h15,19H,6-14H2,1-5H3. The molecule has 0 aliphatic rings. The van der Waals surface area contributed by atoms with E-state index in [9.17, 15) is 0 Å². The van der Waals surface area contributed by atoms with Crippen LogP contribution in [0.4, 0.5) is 5.69 Å². The highest BCUT2D eigenvalue weighted by Gasteiger charge is 2.12. The van der Waals surface area contributed by atoms with Crippen molar-refractivity contribution >= 4 is 5.69 Å². The Bertz CT molecular complexity index is 393. The summed E-state index contributed by atoms with van der Waals surface area (Å²) in [5.41, 5.74) is 3.63. The fourth-order valence-electron chi connectivity index (χ4n) is 2.89. The van der Waals surface area contributed by atoms with Crippen LogP contribution in [0.5, 0.6) is 0 Å². The zero-order valence-corrected chi connectivity index (χ0v) is 14.8. The van der Waals surface area contributed by atoms with Crippen LogP contribution >= 0.6 is 0 Å². The summed E-state index contributed by atoms with van der Waals surface area (Å²) in [6.07, 6.45) is 11.0. The molecule has 0 bridgehead atoms. The predicted octanol–water partition coefficient (Wildman–Crippen LogP) is 5.63. The van der Waals surface area contributed by atoms with Crippen LogP contribution in [0.2, 0.25) is 0 Å². The number of anilines is 1. The molecule has 0 unspecified atom stereocenters. The quantitative estimate of drug-likeness (QED) is 0.535. The maximum Gasteiger partial charge on any atom is 0.0828 e. The van der Waals surface area contributed by atoms with Gasteiger partial charge >= 0.3 is 0 Å². The highest BCUT2D eigenvalue weighted by atomic mass is 15.3. The molecule has 0 fully saturated rings. The number of rotatable bonds is 11. The second-order valence-corrected chi connectivity index (χ2v) is 6.49. The fraction of sp³-hybridized carbons (Fsp3) is 0.833. The third-order valence-corrected chi connectivity index (χ3v) is 4.15. The maximum atomic E-state index is 4.62. The van der Waals surface area contributed by atoms with Gasteiger partial charge in [-0.3, -0.25) is 4.68 Å². The van der Waals surface area contributed by atoms with Crippen molar-refractivity contribution in [3.05, 3.63) is 11.4 Å². The molecule has 1 N–H and O–H groups in total. The molecule has 0 aliphatic heterocycles. The normalized spacial score (nSPS) is 11.3. The largest absolute Gasteiger partial charge is 0.382 e. The van der Waals surface area contributed by atoms with Gasteiger partial charge in [-0.05, 0) is 34.1 Å². The number of hydrogen-bond donors (Lipinski definition) is 1. The van der Waals surface area contributed by atoms with Crippen molar-refractivity contribution < 1.29 is 0 Å². The number of aryl methyl sites for hydroxylation is 1. The number of nitrogens with zero attached hydrogens (tertiary/aromatic N) is 2. The van der Waals surface area contributed by atoms with Gasteiger partial charge in [-0.2, -0.15) is 5.10 Å². The molecular weight excluding hydrogens is 258 g/mol. The summed E-state index contributed by atoms with van der Waals surface area (Å²) in [6, 6.07) is 0.433. The molecule has 1 heterocycles. The maximum absolute atomic E-state index is 4.62. The van der Waals surface area contributed by atoms with Crippen molar-refractivity contribution in [1.29, 1.82) is 0 Å². The van der Waals surface area contributed by atoms with Crippen molar-refractivity contribution in [2.45, 2.75) is 92.0 Å². The van der Waals surface area contributed by atoms with Crippen molar-refractivity contribution in [1.82, 2.24) is 9.78 Å². The zero-order valence-electron chi connectivity index (χ0n) is 14.8. The van der Waals surface area contributed by atoms with E-state index in [4.69, 9.17) is 0 Å². The van der Waals surface area contributed by atoms with E-state index in [0.29, 0.717) is 6.04 Å². The minimum absolute atomic E-state index is 0.433. The molecule has 122 valence electrons. The van der Waals surface area contributed by atoms with E-state index in [1.54, 1.807) is 0 Å². The molecule has 0 radical (unpaired) electrons. The summed E-state index contributed by atoms with van der Waals surface area (Å²) in [4.78, 5) is 0. The van der Waals surface area contributed by atoms with E-state index < -0.39 is 0 Å². The lowest BCUT2D eigenvalue weighted by Gasteiger charge is -2.10. The van der Waals surface area contributed by atoms with Crippen molar-refractivity contribution in [2.75, 3.05) is 11.9 Å². The molecule has 0 aromatic carbocycles. The lowest BCUT2D eigenvalue weighted by molar-refractivity contribution is 0.516.